The number of furan rings is 1. The molecule has 0 bridgehead atoms. The highest BCUT2D eigenvalue weighted by Crippen LogP contribution is 2.23. The van der Waals surface area contributed by atoms with Crippen LogP contribution in [0.4, 0.5) is 0 Å². The average molecular weight is 358 g/mol. The SMILES string of the molecule is COc1ccc(-c2nc(CSCC(=O)NCc3ccco3)co2)cc1. The van der Waals surface area contributed by atoms with Gasteiger partial charge in [-0.15, -0.1) is 11.8 Å². The van der Waals surface area contributed by atoms with E-state index in [9.17, 15) is 4.79 Å². The number of methoxy groups -OCH3 is 1. The van der Waals surface area contributed by atoms with Gasteiger partial charge >= 0.3 is 0 Å². The van der Waals surface area contributed by atoms with Crippen LogP contribution in [0, 0.1) is 0 Å². The summed E-state index contributed by atoms with van der Waals surface area (Å²) in [6.07, 6.45) is 3.20. The highest BCUT2D eigenvalue weighted by molar-refractivity contribution is 7.99. The number of hydrogen-bond donors (Lipinski definition) is 1. The minimum absolute atomic E-state index is 0.0414. The lowest BCUT2D eigenvalue weighted by Crippen LogP contribution is -2.24. The van der Waals surface area contributed by atoms with Gasteiger partial charge in [0.05, 0.1) is 31.4 Å². The van der Waals surface area contributed by atoms with Crippen molar-refractivity contribution in [3.8, 4) is 17.2 Å². The molecule has 0 saturated heterocycles. The maximum absolute atomic E-state index is 11.8. The van der Waals surface area contributed by atoms with Gasteiger partial charge in [0.1, 0.15) is 17.8 Å². The second kappa shape index (κ2) is 8.43. The van der Waals surface area contributed by atoms with Crippen LogP contribution >= 0.6 is 11.8 Å². The Bertz CT molecular complexity index is 797. The van der Waals surface area contributed by atoms with Gasteiger partial charge in [-0.2, -0.15) is 0 Å². The van der Waals surface area contributed by atoms with Crippen LogP contribution in [0.5, 0.6) is 5.75 Å². The van der Waals surface area contributed by atoms with Crippen LogP contribution in [0.3, 0.4) is 0 Å². The molecule has 2 aromatic heterocycles. The van der Waals surface area contributed by atoms with E-state index in [0.717, 1.165) is 22.8 Å². The molecule has 1 aromatic carbocycles. The summed E-state index contributed by atoms with van der Waals surface area (Å²) in [5, 5.41) is 2.80. The fraction of sp³-hybridized carbons (Fsp3) is 0.222. The van der Waals surface area contributed by atoms with Crippen LogP contribution in [0.1, 0.15) is 11.5 Å². The largest absolute Gasteiger partial charge is 0.497 e. The number of carbonyl (C=O) groups excluding carboxylic acids is 1. The summed E-state index contributed by atoms with van der Waals surface area (Å²) in [5.74, 6) is 2.99. The van der Waals surface area contributed by atoms with Gasteiger partial charge in [0, 0.05) is 11.3 Å². The first-order valence-electron chi connectivity index (χ1n) is 7.70. The lowest BCUT2D eigenvalue weighted by atomic mass is 10.2. The van der Waals surface area contributed by atoms with Crippen molar-refractivity contribution in [3.63, 3.8) is 0 Å². The molecule has 3 aromatic rings. The van der Waals surface area contributed by atoms with Crippen molar-refractivity contribution in [3.05, 3.63) is 60.4 Å². The number of rotatable bonds is 8. The molecule has 6 nitrogen and oxygen atoms in total. The molecule has 1 amide bonds. The van der Waals surface area contributed by atoms with E-state index in [-0.39, 0.29) is 5.91 Å². The minimum atomic E-state index is -0.0414. The summed E-state index contributed by atoms with van der Waals surface area (Å²) < 4.78 is 15.8. The first-order valence-corrected chi connectivity index (χ1v) is 8.86. The lowest BCUT2D eigenvalue weighted by molar-refractivity contribution is -0.118. The van der Waals surface area contributed by atoms with Crippen molar-refractivity contribution < 1.29 is 18.4 Å². The fourth-order valence-corrected chi connectivity index (χ4v) is 2.87. The van der Waals surface area contributed by atoms with Crippen LogP contribution in [0.25, 0.3) is 11.5 Å². The van der Waals surface area contributed by atoms with Gasteiger partial charge < -0.3 is 18.9 Å². The number of hydrogen-bond acceptors (Lipinski definition) is 6. The van der Waals surface area contributed by atoms with E-state index in [0.29, 0.717) is 23.9 Å². The Kier molecular flexibility index (Phi) is 5.79. The topological polar surface area (TPSA) is 77.5 Å². The molecule has 0 fully saturated rings. The first kappa shape index (κ1) is 17.2. The van der Waals surface area contributed by atoms with Gasteiger partial charge in [0.25, 0.3) is 0 Å². The quantitative estimate of drug-likeness (QED) is 0.664. The van der Waals surface area contributed by atoms with Crippen molar-refractivity contribution in [1.29, 1.82) is 0 Å². The van der Waals surface area contributed by atoms with E-state index >= 15 is 0 Å². The smallest absolute Gasteiger partial charge is 0.230 e. The number of nitrogens with one attached hydrogen (secondary N) is 1. The third-order valence-electron chi connectivity index (χ3n) is 3.41. The van der Waals surface area contributed by atoms with E-state index in [1.807, 2.05) is 30.3 Å². The summed E-state index contributed by atoms with van der Waals surface area (Å²) in [7, 11) is 1.63. The monoisotopic (exact) mass is 358 g/mol. The molecule has 0 radical (unpaired) electrons. The van der Waals surface area contributed by atoms with Crippen molar-refractivity contribution in [2.45, 2.75) is 12.3 Å². The first-order chi connectivity index (χ1) is 12.2. The standard InChI is InChI=1S/C18H18N2O4S/c1-22-15-6-4-13(5-7-15)18-20-14(10-24-18)11-25-12-17(21)19-9-16-3-2-8-23-16/h2-8,10H,9,11-12H2,1H3,(H,19,21). The second-order valence-electron chi connectivity index (χ2n) is 5.22. The normalized spacial score (nSPS) is 10.6. The number of aromatic nitrogens is 1. The lowest BCUT2D eigenvalue weighted by Gasteiger charge is -2.02. The molecule has 0 saturated carbocycles. The number of amides is 1. The van der Waals surface area contributed by atoms with Crippen molar-refractivity contribution >= 4 is 17.7 Å². The van der Waals surface area contributed by atoms with Gasteiger partial charge in [-0.3, -0.25) is 4.79 Å². The second-order valence-corrected chi connectivity index (χ2v) is 6.21. The van der Waals surface area contributed by atoms with Crippen LogP contribution in [-0.4, -0.2) is 23.8 Å². The van der Waals surface area contributed by atoms with Crippen molar-refractivity contribution in [1.82, 2.24) is 10.3 Å². The van der Waals surface area contributed by atoms with Gasteiger partial charge in [-0.05, 0) is 36.4 Å². The summed E-state index contributed by atoms with van der Waals surface area (Å²) >= 11 is 1.48. The number of benzene rings is 1. The Morgan fingerprint density at radius 3 is 2.80 bits per heavy atom. The summed E-state index contributed by atoms with van der Waals surface area (Å²) in [6.45, 7) is 0.401. The van der Waals surface area contributed by atoms with Crippen LogP contribution in [-0.2, 0) is 17.1 Å². The summed E-state index contributed by atoms with van der Waals surface area (Å²) in [5.41, 5.74) is 1.68. The molecule has 2 heterocycles. The van der Waals surface area contributed by atoms with E-state index < -0.39 is 0 Å². The van der Waals surface area contributed by atoms with Crippen LogP contribution in [0.2, 0.25) is 0 Å². The Labute approximate surface area is 149 Å². The molecule has 25 heavy (non-hydrogen) atoms. The third-order valence-corrected chi connectivity index (χ3v) is 4.38. The Balaban J connectivity index is 1.44. The maximum Gasteiger partial charge on any atom is 0.230 e. The van der Waals surface area contributed by atoms with Crippen molar-refractivity contribution in [2.24, 2.45) is 0 Å². The van der Waals surface area contributed by atoms with Gasteiger partial charge in [-0.1, -0.05) is 0 Å². The number of carbonyl (C=O) groups is 1. The third kappa shape index (κ3) is 4.90. The number of nitrogens with zero attached hydrogens (tertiary/aromatic N) is 1. The number of ether oxygens (including phenoxy) is 1. The number of oxazole rings is 1. The zero-order valence-corrected chi connectivity index (χ0v) is 14.5. The molecule has 0 aliphatic rings. The Morgan fingerprint density at radius 1 is 1.24 bits per heavy atom. The molecule has 0 aliphatic carbocycles. The molecular weight excluding hydrogens is 340 g/mol. The van der Waals surface area contributed by atoms with E-state index in [2.05, 4.69) is 10.3 Å². The molecule has 1 N–H and O–H groups in total. The van der Waals surface area contributed by atoms with Gasteiger partial charge in [-0.25, -0.2) is 4.98 Å². The molecule has 0 unspecified atom stereocenters. The fourth-order valence-electron chi connectivity index (χ4n) is 2.14. The highest BCUT2D eigenvalue weighted by atomic mass is 32.2. The molecule has 7 heteroatoms. The highest BCUT2D eigenvalue weighted by Gasteiger charge is 2.08. The van der Waals surface area contributed by atoms with Gasteiger partial charge in [0.2, 0.25) is 11.8 Å². The summed E-state index contributed by atoms with van der Waals surface area (Å²) in [4.78, 5) is 16.2. The van der Waals surface area contributed by atoms with Crippen LogP contribution < -0.4 is 10.1 Å². The van der Waals surface area contributed by atoms with Crippen molar-refractivity contribution in [2.75, 3.05) is 12.9 Å². The van der Waals surface area contributed by atoms with Gasteiger partial charge in [0.15, 0.2) is 0 Å². The van der Waals surface area contributed by atoms with E-state index in [1.165, 1.54) is 11.8 Å². The summed E-state index contributed by atoms with van der Waals surface area (Å²) in [6, 6.07) is 11.1. The number of thioether (sulfide) groups is 1. The molecule has 0 spiro atoms. The predicted molar refractivity (Wildman–Crippen MR) is 95.2 cm³/mol. The maximum atomic E-state index is 11.8. The van der Waals surface area contributed by atoms with Crippen LogP contribution in [0.15, 0.2) is 57.8 Å². The van der Waals surface area contributed by atoms with E-state index in [4.69, 9.17) is 13.6 Å². The van der Waals surface area contributed by atoms with E-state index in [1.54, 1.807) is 25.7 Å². The average Bonchev–Trinajstić information content (AvgIpc) is 3.32. The Morgan fingerprint density at radius 2 is 2.08 bits per heavy atom. The zero-order valence-electron chi connectivity index (χ0n) is 13.7. The minimum Gasteiger partial charge on any atom is -0.497 e. The molecule has 130 valence electrons. The molecule has 0 atom stereocenters. The Hall–Kier alpha value is -2.67. The molecule has 3 rings (SSSR count). The predicted octanol–water partition coefficient (Wildman–Crippen LogP) is 3.49. The zero-order chi connectivity index (χ0) is 17.5. The molecular formula is C18H18N2O4S. The molecule has 0 aliphatic heterocycles.